The topological polar surface area (TPSA) is 38.7 Å². The molecule has 4 heteroatoms. The Morgan fingerprint density at radius 2 is 0.745 bits per heavy atom. The van der Waals surface area contributed by atoms with Crippen LogP contribution < -0.4 is 0 Å². The van der Waals surface area contributed by atoms with E-state index in [0.717, 1.165) is 26.6 Å². The van der Waals surface area contributed by atoms with Gasteiger partial charge in [0.15, 0.2) is 17.5 Å². The summed E-state index contributed by atoms with van der Waals surface area (Å²) in [6, 6.07) is 2.34. The van der Waals surface area contributed by atoms with Gasteiger partial charge in [0, 0.05) is 36.9 Å². The lowest BCUT2D eigenvalue weighted by molar-refractivity contribution is 1.07. The summed E-state index contributed by atoms with van der Waals surface area (Å²) in [7, 11) is 0. The Labute approximate surface area is 354 Å². The van der Waals surface area contributed by atoms with E-state index in [1.54, 1.807) is 12.1 Å². The van der Waals surface area contributed by atoms with E-state index in [1.807, 2.05) is 54.6 Å². The van der Waals surface area contributed by atoms with Crippen LogP contribution >= 0.6 is 11.3 Å². The number of benzene rings is 8. The number of hydrogen-bond acceptors (Lipinski definition) is 4. The minimum Gasteiger partial charge on any atom is -0.208 e. The maximum Gasteiger partial charge on any atom is 0.164 e. The quantitative estimate of drug-likeness (QED) is 0.163. The Morgan fingerprint density at radius 1 is 0.327 bits per heavy atom. The van der Waals surface area contributed by atoms with Gasteiger partial charge in [-0.3, -0.25) is 0 Å². The largest absolute Gasteiger partial charge is 0.208 e. The molecule has 0 fully saturated rings. The van der Waals surface area contributed by atoms with E-state index in [9.17, 15) is 9.60 Å². The molecule has 10 aromatic rings. The van der Waals surface area contributed by atoms with Crippen molar-refractivity contribution in [1.82, 2.24) is 15.0 Å². The second-order valence-corrected chi connectivity index (χ2v) is 12.9. The van der Waals surface area contributed by atoms with E-state index in [2.05, 4.69) is 15.0 Å². The SMILES string of the molecule is [2H]c1c([2H])c([2H])c(-c2c([2H])c([2H])c(-c3nc(-c4c([2H])c([2H])c(-c5c([2H])c([2H])c([2H])c([2H])c5[2H])c([2H])c4[2H])nc(-c4c([2H])c([2H])c([2H])c(-c5cccc6c5sc5c(-c7ccccc7)cccc56)c4[2H])n3)c([2H])c2[2H])c([2H])c1[2H]. The monoisotopic (exact) mass is 741 g/mol. The first-order chi connectivity index (χ1) is 36.4. The molecule has 0 aliphatic heterocycles. The Hall–Kier alpha value is -7.01. The molecule has 2 heterocycles. The summed E-state index contributed by atoms with van der Waals surface area (Å²) in [6.07, 6.45) is 0. The second kappa shape index (κ2) is 14.1. The van der Waals surface area contributed by atoms with Crippen molar-refractivity contribution >= 4 is 31.5 Å². The van der Waals surface area contributed by atoms with Crippen LogP contribution in [0, 0.1) is 0 Å². The predicted molar refractivity (Wildman–Crippen MR) is 231 cm³/mol. The van der Waals surface area contributed by atoms with Crippen LogP contribution in [0.3, 0.4) is 0 Å². The van der Waals surface area contributed by atoms with Crippen molar-refractivity contribution in [3.05, 3.63) is 200 Å². The first-order valence-electron chi connectivity index (χ1n) is 27.6. The first kappa shape index (κ1) is 17.0. The fraction of sp³-hybridized carbons (Fsp3) is 0. The van der Waals surface area contributed by atoms with Crippen molar-refractivity contribution in [1.29, 1.82) is 0 Å². The van der Waals surface area contributed by atoms with Crippen LogP contribution in [-0.4, -0.2) is 15.0 Å². The average molecular weight is 742 g/mol. The van der Waals surface area contributed by atoms with Crippen LogP contribution in [0.15, 0.2) is 200 Å². The van der Waals surface area contributed by atoms with Gasteiger partial charge in [0.05, 0.1) is 30.2 Å². The van der Waals surface area contributed by atoms with Crippen molar-refractivity contribution in [2.75, 3.05) is 0 Å². The van der Waals surface area contributed by atoms with Crippen molar-refractivity contribution in [2.24, 2.45) is 0 Å². The average Bonchev–Trinajstić information content (AvgIpc) is 3.84. The van der Waals surface area contributed by atoms with Crippen LogP contribution in [0.1, 0.15) is 30.2 Å². The van der Waals surface area contributed by atoms with E-state index in [1.165, 1.54) is 11.3 Å². The highest BCUT2D eigenvalue weighted by Gasteiger charge is 2.17. The van der Waals surface area contributed by atoms with Gasteiger partial charge in [0.1, 0.15) is 0 Å². The molecule has 0 atom stereocenters. The zero-order chi connectivity index (χ0) is 55.7. The van der Waals surface area contributed by atoms with Gasteiger partial charge in [-0.05, 0) is 50.6 Å². The van der Waals surface area contributed by atoms with Gasteiger partial charge < -0.3 is 0 Å². The lowest BCUT2D eigenvalue weighted by Crippen LogP contribution is -2.00. The molecule has 0 aliphatic carbocycles. The molecular formula is C51H33N3S. The smallest absolute Gasteiger partial charge is 0.164 e. The van der Waals surface area contributed by atoms with Crippen molar-refractivity contribution in [3.8, 4) is 78.7 Å². The summed E-state index contributed by atoms with van der Waals surface area (Å²) in [5.41, 5.74) is -2.73. The van der Waals surface area contributed by atoms with Crippen LogP contribution in [0.5, 0.6) is 0 Å². The molecule has 0 radical (unpaired) electrons. The molecule has 0 N–H and O–H groups in total. The molecule has 0 unspecified atom stereocenters. The van der Waals surface area contributed by atoms with Gasteiger partial charge in [-0.2, -0.15) is 0 Å². The lowest BCUT2D eigenvalue weighted by atomic mass is 9.99. The Balaban J connectivity index is 1.28. The number of aromatic nitrogens is 3. The van der Waals surface area contributed by atoms with Crippen LogP contribution in [0.25, 0.3) is 98.8 Å². The Bertz CT molecular complexity index is 3990. The Kier molecular flexibility index (Phi) is 4.35. The van der Waals surface area contributed by atoms with E-state index < -0.39 is 189 Å². The molecule has 0 aliphatic rings. The number of hydrogen-bond donors (Lipinski definition) is 0. The lowest BCUT2D eigenvalue weighted by Gasteiger charge is -2.11. The van der Waals surface area contributed by atoms with Gasteiger partial charge in [-0.1, -0.05) is 194 Å². The zero-order valence-corrected chi connectivity index (χ0v) is 28.9. The number of nitrogens with zero attached hydrogens (tertiary/aromatic N) is 3. The van der Waals surface area contributed by atoms with Crippen molar-refractivity contribution in [2.45, 2.75) is 0 Å². The summed E-state index contributed by atoms with van der Waals surface area (Å²) < 4.78 is 196. The number of rotatable bonds is 7. The van der Waals surface area contributed by atoms with E-state index in [0.29, 0.717) is 10.3 Å². The maximum absolute atomic E-state index is 9.82. The second-order valence-electron chi connectivity index (χ2n) is 11.9. The van der Waals surface area contributed by atoms with E-state index in [4.69, 9.17) is 20.6 Å². The molecule has 0 saturated carbocycles. The summed E-state index contributed by atoms with van der Waals surface area (Å²) >= 11 is 1.37. The van der Waals surface area contributed by atoms with Gasteiger partial charge in [-0.15, -0.1) is 11.3 Å². The molecule has 258 valence electrons. The molecule has 10 rings (SSSR count). The molecular weight excluding hydrogens is 687 g/mol. The van der Waals surface area contributed by atoms with Gasteiger partial charge >= 0.3 is 0 Å². The third kappa shape index (κ3) is 6.29. The highest BCUT2D eigenvalue weighted by Crippen LogP contribution is 2.44. The van der Waals surface area contributed by atoms with Crippen LogP contribution in [0.4, 0.5) is 0 Å². The predicted octanol–water partition coefficient (Wildman–Crippen LogP) is 13.9. The first-order valence-corrected chi connectivity index (χ1v) is 17.5. The molecule has 0 amide bonds. The third-order valence-electron chi connectivity index (χ3n) is 8.56. The molecule has 3 nitrogen and oxygen atoms in total. The summed E-state index contributed by atoms with van der Waals surface area (Å²) in [6.45, 7) is 0. The molecule has 0 saturated heterocycles. The summed E-state index contributed by atoms with van der Waals surface area (Å²) in [5, 5.41) is 1.61. The van der Waals surface area contributed by atoms with Crippen molar-refractivity contribution in [3.63, 3.8) is 0 Å². The van der Waals surface area contributed by atoms with Crippen LogP contribution in [0.2, 0.25) is 0 Å². The van der Waals surface area contributed by atoms with Crippen molar-refractivity contribution < 1.29 is 30.2 Å². The fourth-order valence-corrected chi connectivity index (χ4v) is 7.37. The van der Waals surface area contributed by atoms with Gasteiger partial charge in [0.2, 0.25) is 0 Å². The summed E-state index contributed by atoms with van der Waals surface area (Å²) in [5.74, 6) is -2.28. The highest BCUT2D eigenvalue weighted by molar-refractivity contribution is 7.26. The molecule has 55 heavy (non-hydrogen) atoms. The highest BCUT2D eigenvalue weighted by atomic mass is 32.1. The fourth-order valence-electron chi connectivity index (χ4n) is 6.01. The molecule has 0 spiro atoms. The number of thiophene rings is 1. The minimum absolute atomic E-state index is 0.151. The standard InChI is InChI=1S/C51H33N3S/c1-4-13-34(14-5-1)36-25-29-39(30-26-36)49-52-50(40-31-27-37(28-32-40)35-15-6-2-7-16-35)54-51(53-49)42-20-10-19-41(33-42)44-22-12-24-46-45-23-11-21-43(47(45)55-48(44)46)38-17-8-3-9-18-38/h1-33H/i1D,2D,4D,5D,6D,7D,10D,13D,14D,15D,16D,19D,20D,25D,26D,27D,28D,29D,30D,31D,32D,33D. The zero-order valence-electron chi connectivity index (χ0n) is 50.1. The van der Waals surface area contributed by atoms with Gasteiger partial charge in [-0.25, -0.2) is 15.0 Å². The molecule has 8 aromatic carbocycles. The van der Waals surface area contributed by atoms with Gasteiger partial charge in [0.25, 0.3) is 0 Å². The van der Waals surface area contributed by atoms with E-state index in [-0.39, 0.29) is 5.56 Å². The number of fused-ring (bicyclic) bond motifs is 3. The molecule has 0 bridgehead atoms. The minimum atomic E-state index is -0.945. The maximum atomic E-state index is 9.82. The van der Waals surface area contributed by atoms with E-state index >= 15 is 0 Å². The summed E-state index contributed by atoms with van der Waals surface area (Å²) in [4.78, 5) is 13.3. The van der Waals surface area contributed by atoms with Crippen LogP contribution in [-0.2, 0) is 0 Å². The normalized spacial score (nSPS) is 16.9. The Morgan fingerprint density at radius 3 is 1.27 bits per heavy atom. The molecule has 2 aromatic heterocycles. The third-order valence-corrected chi connectivity index (χ3v) is 9.85.